The summed E-state index contributed by atoms with van der Waals surface area (Å²) in [5.74, 6) is -14.4. The molecule has 0 aromatic carbocycles. The lowest BCUT2D eigenvalue weighted by Crippen LogP contribution is -2.53. The van der Waals surface area contributed by atoms with Crippen molar-refractivity contribution in [1.82, 2.24) is 73.2 Å². The Morgan fingerprint density at radius 2 is 0.740 bits per heavy atom. The van der Waals surface area contributed by atoms with Crippen LogP contribution in [0.3, 0.4) is 0 Å². The first kappa shape index (κ1) is 64.0. The maximum absolute atomic E-state index is 13.9. The van der Waals surface area contributed by atoms with Gasteiger partial charge >= 0.3 is 5.97 Å². The van der Waals surface area contributed by atoms with Gasteiger partial charge in [-0.2, -0.15) is 0 Å². The summed E-state index contributed by atoms with van der Waals surface area (Å²) < 4.78 is 0. The summed E-state index contributed by atoms with van der Waals surface area (Å²) in [6.45, 7) is -6.12. The summed E-state index contributed by atoms with van der Waals surface area (Å²) >= 11 is 2.71. The van der Waals surface area contributed by atoms with E-state index in [2.05, 4.69) is 58.5 Å². The number of amides is 14. The van der Waals surface area contributed by atoms with E-state index in [4.69, 9.17) is 5.73 Å². The Labute approximate surface area is 452 Å². The maximum Gasteiger partial charge on any atom is 0.327 e. The molecule has 0 radical (unpaired) electrons. The lowest BCUT2D eigenvalue weighted by molar-refractivity contribution is -0.141. The topological polar surface area (TPSA) is 461 Å². The fourth-order valence-corrected chi connectivity index (χ4v) is 9.23. The SMILES string of the molecule is N[C@H]1CSCC(=O)N2CCN3CCN(CC2)C(=O)CSC[C@H](NC(=O)CNC(=O)CNC(=O)CNC(=O)CCC(=O)CNC1=O)C(=O)NCC(=O)NCC(=O)NCC(=O)NCC(=O)NCC(=O)N[C@H](C(=O)O)CSCC3=O. The summed E-state index contributed by atoms with van der Waals surface area (Å²) in [7, 11) is 0. The highest BCUT2D eigenvalue weighted by Crippen LogP contribution is 2.12. The van der Waals surface area contributed by atoms with E-state index in [-0.39, 0.29) is 86.6 Å². The Balaban J connectivity index is 1.90. The Kier molecular flexibility index (Phi) is 28.6. The van der Waals surface area contributed by atoms with Crippen LogP contribution in [0.4, 0.5) is 0 Å². The molecule has 426 valence electrons. The largest absolute Gasteiger partial charge is 0.480 e. The minimum Gasteiger partial charge on any atom is -0.480 e. The molecular weight excluding hydrogens is 1080 g/mol. The molecule has 3 heterocycles. The quantitative estimate of drug-likeness (QED) is 0.116. The molecule has 0 aliphatic carbocycles. The Morgan fingerprint density at radius 3 is 1.16 bits per heavy atom. The molecule has 32 nitrogen and oxygen atoms in total. The van der Waals surface area contributed by atoms with Crippen LogP contribution in [0.2, 0.25) is 0 Å². The third kappa shape index (κ3) is 26.4. The van der Waals surface area contributed by atoms with Crippen LogP contribution in [-0.4, -0.2) is 265 Å². The van der Waals surface area contributed by atoms with Crippen molar-refractivity contribution in [3.05, 3.63) is 0 Å². The lowest BCUT2D eigenvalue weighted by atomic mass is 10.2. The molecule has 3 saturated heterocycles. The number of nitrogens with zero attached hydrogens (tertiary/aromatic N) is 3. The van der Waals surface area contributed by atoms with E-state index < -0.39 is 171 Å². The highest BCUT2D eigenvalue weighted by molar-refractivity contribution is 8.00. The number of hydrogen-bond donors (Lipinski definition) is 13. The monoisotopic (exact) mass is 1150 g/mol. The number of aliphatic carboxylic acids is 1. The predicted octanol–water partition coefficient (Wildman–Crippen LogP) is -10.5. The highest BCUT2D eigenvalue weighted by Gasteiger charge is 2.28. The second-order valence-electron chi connectivity index (χ2n) is 16.8. The van der Waals surface area contributed by atoms with Crippen molar-refractivity contribution in [3.8, 4) is 0 Å². The van der Waals surface area contributed by atoms with Crippen LogP contribution < -0.4 is 64.2 Å². The van der Waals surface area contributed by atoms with Gasteiger partial charge in [-0.3, -0.25) is 71.9 Å². The molecular formula is C42H63N15O17S3. The van der Waals surface area contributed by atoms with Crippen molar-refractivity contribution in [3.63, 3.8) is 0 Å². The smallest absolute Gasteiger partial charge is 0.327 e. The molecule has 35 heteroatoms. The van der Waals surface area contributed by atoms with E-state index in [0.29, 0.717) is 0 Å². The number of ketones is 1. The van der Waals surface area contributed by atoms with Gasteiger partial charge in [0.25, 0.3) is 0 Å². The number of carbonyl (C=O) groups excluding carboxylic acids is 15. The van der Waals surface area contributed by atoms with Crippen molar-refractivity contribution >= 4 is 130 Å². The minimum atomic E-state index is -1.53. The molecule has 3 aliphatic heterocycles. The van der Waals surface area contributed by atoms with Crippen molar-refractivity contribution < 1.29 is 81.8 Å². The van der Waals surface area contributed by atoms with Crippen LogP contribution in [-0.2, 0) is 76.7 Å². The van der Waals surface area contributed by atoms with Gasteiger partial charge in [-0.25, -0.2) is 4.79 Å². The number of carbonyl (C=O) groups is 16. The predicted molar refractivity (Wildman–Crippen MR) is 273 cm³/mol. The molecule has 14 N–H and O–H groups in total. The zero-order chi connectivity index (χ0) is 56.9. The van der Waals surface area contributed by atoms with E-state index in [1.807, 2.05) is 0 Å². The van der Waals surface area contributed by atoms with Crippen LogP contribution in [0.1, 0.15) is 12.8 Å². The number of fused-ring (bicyclic) bond motifs is 8. The number of Topliss-reactive ketones (excluding diaryl/α,β-unsaturated/α-hetero) is 1. The molecule has 3 fully saturated rings. The number of nitrogens with two attached hydrogens (primary N) is 1. The average molecular weight is 1150 g/mol. The molecule has 0 spiro atoms. The third-order valence-corrected chi connectivity index (χ3v) is 13.9. The normalized spacial score (nSPS) is 23.7. The Morgan fingerprint density at radius 1 is 0.403 bits per heavy atom. The molecule has 0 saturated carbocycles. The molecule has 14 amide bonds. The highest BCUT2D eigenvalue weighted by atomic mass is 32.2. The van der Waals surface area contributed by atoms with Crippen LogP contribution in [0, 0.1) is 0 Å². The zero-order valence-corrected chi connectivity index (χ0v) is 44.1. The summed E-state index contributed by atoms with van der Waals surface area (Å²) in [6.07, 6.45) is -0.663. The van der Waals surface area contributed by atoms with Crippen LogP contribution in [0.5, 0.6) is 0 Å². The standard InChI is InChI=1S/C42H63N15O17S3/c43-25-18-75-21-37(68)55-3-5-56-7-8-57(6-4-55)39(70)23-77-20-27(42(73)74)54-36(67)17-50-33(64)14-47-30(61)11-46-31(62)12-48-34(65)15-52-41(72)26(19-76-22-38(56)69)53-35(66)16-49-32(63)13-45-29(60)10-44-28(59)2-1-24(58)9-51-40(25)71/h25-27H,1-23,43H2,(H,44,59)(H,45,60)(H,46,62)(H,47,61)(H,48,65)(H,49,63)(H,50,64)(H,51,71)(H,52,72)(H,53,66)(H,54,67)(H,73,74)/t25-,26-,27-/m0/s1. The van der Waals surface area contributed by atoms with Gasteiger partial charge in [0.05, 0.1) is 82.2 Å². The van der Waals surface area contributed by atoms with E-state index in [1.165, 1.54) is 14.7 Å². The number of carboxylic acids is 1. The van der Waals surface area contributed by atoms with Gasteiger partial charge in [0.1, 0.15) is 12.1 Å². The van der Waals surface area contributed by atoms with E-state index >= 15 is 0 Å². The lowest BCUT2D eigenvalue weighted by Gasteiger charge is -2.26. The second-order valence-corrected chi connectivity index (χ2v) is 19.9. The summed E-state index contributed by atoms with van der Waals surface area (Å²) in [6, 6.07) is -4.17. The Hall–Kier alpha value is -7.27. The van der Waals surface area contributed by atoms with Gasteiger partial charge < -0.3 is 84.0 Å². The molecule has 4 bridgehead atoms. The first-order chi connectivity index (χ1) is 36.6. The first-order valence-electron chi connectivity index (χ1n) is 23.7. The molecule has 77 heavy (non-hydrogen) atoms. The summed E-state index contributed by atoms with van der Waals surface area (Å²) in [5, 5.41) is 34.6. The van der Waals surface area contributed by atoms with Gasteiger partial charge in [0, 0.05) is 69.4 Å². The molecule has 3 aliphatic rings. The Bertz CT molecular complexity index is 2250. The molecule has 0 unspecified atom stereocenters. The van der Waals surface area contributed by atoms with E-state index in [9.17, 15) is 81.8 Å². The van der Waals surface area contributed by atoms with Crippen LogP contribution in [0.15, 0.2) is 0 Å². The van der Waals surface area contributed by atoms with Crippen molar-refractivity contribution in [2.24, 2.45) is 5.73 Å². The second kappa shape index (κ2) is 34.4. The number of hydrogen-bond acceptors (Lipinski definition) is 20. The maximum atomic E-state index is 13.9. The zero-order valence-electron chi connectivity index (χ0n) is 41.6. The number of carboxylic acid groups (broad SMARTS) is 1. The van der Waals surface area contributed by atoms with Crippen molar-refractivity contribution in [1.29, 1.82) is 0 Å². The van der Waals surface area contributed by atoms with Crippen LogP contribution >= 0.6 is 35.3 Å². The van der Waals surface area contributed by atoms with Crippen molar-refractivity contribution in [2.75, 3.05) is 133 Å². The van der Waals surface area contributed by atoms with Gasteiger partial charge in [0.15, 0.2) is 5.78 Å². The van der Waals surface area contributed by atoms with Gasteiger partial charge in [0.2, 0.25) is 82.7 Å². The molecule has 3 atom stereocenters. The van der Waals surface area contributed by atoms with Gasteiger partial charge in [-0.15, -0.1) is 35.3 Å². The first-order valence-corrected chi connectivity index (χ1v) is 27.1. The van der Waals surface area contributed by atoms with E-state index in [1.54, 1.807) is 0 Å². The third-order valence-electron chi connectivity index (χ3n) is 10.8. The van der Waals surface area contributed by atoms with Crippen molar-refractivity contribution in [2.45, 2.75) is 31.0 Å². The summed E-state index contributed by atoms with van der Waals surface area (Å²) in [5.41, 5.74) is 6.03. The number of nitrogens with one attached hydrogen (secondary N) is 11. The van der Waals surface area contributed by atoms with Gasteiger partial charge in [-0.1, -0.05) is 0 Å². The van der Waals surface area contributed by atoms with Crippen LogP contribution in [0.25, 0.3) is 0 Å². The fourth-order valence-electron chi connectivity index (χ4n) is 6.47. The number of thioether (sulfide) groups is 3. The van der Waals surface area contributed by atoms with E-state index in [0.717, 1.165) is 35.3 Å². The molecule has 3 rings (SSSR count). The minimum absolute atomic E-state index is 0.0303. The molecule has 0 aromatic rings. The molecule has 0 aromatic heterocycles. The van der Waals surface area contributed by atoms with Gasteiger partial charge in [-0.05, 0) is 0 Å². The number of rotatable bonds is 1. The fraction of sp³-hybridized carbons (Fsp3) is 0.619. The summed E-state index contributed by atoms with van der Waals surface area (Å²) in [4.78, 5) is 208. The average Bonchev–Trinajstić information content (AvgIpc) is 3.51.